The van der Waals surface area contributed by atoms with Crippen molar-refractivity contribution < 1.29 is 8.81 Å². The first-order chi connectivity index (χ1) is 7.75. The van der Waals surface area contributed by atoms with E-state index in [0.29, 0.717) is 6.54 Å². The lowest BCUT2D eigenvalue weighted by molar-refractivity contribution is 0.456. The Balaban J connectivity index is 1.93. The molecule has 0 aliphatic heterocycles. The van der Waals surface area contributed by atoms with Gasteiger partial charge in [0.25, 0.3) is 0 Å². The van der Waals surface area contributed by atoms with E-state index in [1.54, 1.807) is 12.3 Å². The van der Waals surface area contributed by atoms with E-state index >= 15 is 0 Å². The topological polar surface area (TPSA) is 38.1 Å². The van der Waals surface area contributed by atoms with E-state index in [4.69, 9.17) is 4.42 Å². The molecule has 0 saturated carbocycles. The van der Waals surface area contributed by atoms with Crippen LogP contribution < -0.4 is 5.32 Å². The number of nitrogens with one attached hydrogen (secondary N) is 1. The van der Waals surface area contributed by atoms with Crippen molar-refractivity contribution in [2.75, 3.05) is 0 Å². The van der Waals surface area contributed by atoms with Crippen LogP contribution in [0.4, 0.5) is 4.39 Å². The van der Waals surface area contributed by atoms with Crippen LogP contribution in [-0.2, 0) is 6.54 Å². The largest absolute Gasteiger partial charge is 0.468 e. The Bertz CT molecular complexity index is 425. The normalized spacial score (nSPS) is 12.6. The summed E-state index contributed by atoms with van der Waals surface area (Å²) >= 11 is 0. The summed E-state index contributed by atoms with van der Waals surface area (Å²) in [4.78, 5) is 4.01. The molecule has 1 N–H and O–H groups in total. The maximum atomic E-state index is 12.7. The molecule has 1 unspecified atom stereocenters. The van der Waals surface area contributed by atoms with Crippen molar-refractivity contribution in [3.05, 3.63) is 54.0 Å². The highest BCUT2D eigenvalue weighted by Crippen LogP contribution is 2.10. The summed E-state index contributed by atoms with van der Waals surface area (Å²) in [6.45, 7) is 2.61. The Morgan fingerprint density at radius 3 is 2.94 bits per heavy atom. The Morgan fingerprint density at radius 2 is 2.31 bits per heavy atom. The molecule has 84 valence electrons. The monoisotopic (exact) mass is 220 g/mol. The van der Waals surface area contributed by atoms with Gasteiger partial charge < -0.3 is 9.73 Å². The zero-order valence-corrected chi connectivity index (χ0v) is 8.98. The van der Waals surface area contributed by atoms with Crippen LogP contribution in [0, 0.1) is 5.82 Å². The van der Waals surface area contributed by atoms with Gasteiger partial charge in [-0.25, -0.2) is 4.39 Å². The number of hydrogen-bond acceptors (Lipinski definition) is 3. The van der Waals surface area contributed by atoms with E-state index in [0.717, 1.165) is 11.5 Å². The highest BCUT2D eigenvalue weighted by Gasteiger charge is 2.06. The predicted octanol–water partition coefficient (Wildman–Crippen LogP) is 2.66. The van der Waals surface area contributed by atoms with Gasteiger partial charge >= 0.3 is 0 Å². The van der Waals surface area contributed by atoms with Crippen molar-refractivity contribution in [1.29, 1.82) is 0 Å². The molecule has 0 radical (unpaired) electrons. The molecule has 4 heteroatoms. The molecule has 3 nitrogen and oxygen atoms in total. The van der Waals surface area contributed by atoms with Crippen molar-refractivity contribution in [2.45, 2.75) is 19.5 Å². The van der Waals surface area contributed by atoms with Gasteiger partial charge in [0.1, 0.15) is 11.6 Å². The van der Waals surface area contributed by atoms with Crippen molar-refractivity contribution in [1.82, 2.24) is 10.3 Å². The van der Waals surface area contributed by atoms with Gasteiger partial charge in [0, 0.05) is 6.04 Å². The summed E-state index contributed by atoms with van der Waals surface area (Å²) in [7, 11) is 0. The summed E-state index contributed by atoms with van der Waals surface area (Å²) < 4.78 is 17.9. The molecule has 2 heterocycles. The summed E-state index contributed by atoms with van der Waals surface area (Å²) in [6, 6.07) is 6.89. The molecular weight excluding hydrogens is 207 g/mol. The Labute approximate surface area is 93.3 Å². The van der Waals surface area contributed by atoms with Gasteiger partial charge in [-0.05, 0) is 31.2 Å². The van der Waals surface area contributed by atoms with Crippen LogP contribution >= 0.6 is 0 Å². The molecule has 0 amide bonds. The lowest BCUT2D eigenvalue weighted by Gasteiger charge is -2.11. The fourth-order valence-corrected chi connectivity index (χ4v) is 1.41. The van der Waals surface area contributed by atoms with Crippen LogP contribution in [0.2, 0.25) is 0 Å². The fourth-order valence-electron chi connectivity index (χ4n) is 1.41. The SMILES string of the molecule is CC(NCc1ccco1)c1ccc(F)cn1. The van der Waals surface area contributed by atoms with Crippen molar-refractivity contribution in [2.24, 2.45) is 0 Å². The summed E-state index contributed by atoms with van der Waals surface area (Å²) in [5.74, 6) is 0.552. The third-order valence-corrected chi connectivity index (χ3v) is 2.36. The molecule has 0 fully saturated rings. The summed E-state index contributed by atoms with van der Waals surface area (Å²) in [6.07, 6.45) is 2.86. The standard InChI is InChI=1S/C12H13FN2O/c1-9(12-5-4-10(13)7-15-12)14-8-11-3-2-6-16-11/h2-7,9,14H,8H2,1H3. The van der Waals surface area contributed by atoms with Crippen LogP contribution in [0.25, 0.3) is 0 Å². The van der Waals surface area contributed by atoms with Gasteiger partial charge in [0.15, 0.2) is 0 Å². The van der Waals surface area contributed by atoms with Crippen LogP contribution in [-0.4, -0.2) is 4.98 Å². The highest BCUT2D eigenvalue weighted by molar-refractivity contribution is 5.09. The number of aromatic nitrogens is 1. The minimum Gasteiger partial charge on any atom is -0.468 e. The van der Waals surface area contributed by atoms with Gasteiger partial charge in [-0.3, -0.25) is 4.98 Å². The van der Waals surface area contributed by atoms with E-state index in [1.165, 1.54) is 12.3 Å². The van der Waals surface area contributed by atoms with Crippen LogP contribution in [0.5, 0.6) is 0 Å². The molecule has 2 aromatic heterocycles. The highest BCUT2D eigenvalue weighted by atomic mass is 19.1. The van der Waals surface area contributed by atoms with Gasteiger partial charge in [0.2, 0.25) is 0 Å². The second-order valence-corrected chi connectivity index (χ2v) is 3.58. The van der Waals surface area contributed by atoms with Gasteiger partial charge in [-0.1, -0.05) is 0 Å². The van der Waals surface area contributed by atoms with Crippen molar-refractivity contribution in [3.63, 3.8) is 0 Å². The van der Waals surface area contributed by atoms with E-state index in [-0.39, 0.29) is 11.9 Å². The van der Waals surface area contributed by atoms with Gasteiger partial charge in [0.05, 0.1) is 24.7 Å². The van der Waals surface area contributed by atoms with Crippen molar-refractivity contribution in [3.8, 4) is 0 Å². The lowest BCUT2D eigenvalue weighted by atomic mass is 10.2. The third kappa shape index (κ3) is 2.67. The zero-order chi connectivity index (χ0) is 11.4. The second kappa shape index (κ2) is 4.90. The molecular formula is C12H13FN2O. The second-order valence-electron chi connectivity index (χ2n) is 3.58. The van der Waals surface area contributed by atoms with Crippen LogP contribution in [0.3, 0.4) is 0 Å². The first-order valence-corrected chi connectivity index (χ1v) is 5.13. The predicted molar refractivity (Wildman–Crippen MR) is 58.2 cm³/mol. The van der Waals surface area contributed by atoms with Crippen LogP contribution in [0.1, 0.15) is 24.4 Å². The molecule has 0 aromatic carbocycles. The summed E-state index contributed by atoms with van der Waals surface area (Å²) in [5, 5.41) is 3.24. The minimum atomic E-state index is -0.318. The fraction of sp³-hybridized carbons (Fsp3) is 0.250. The number of furan rings is 1. The van der Waals surface area contributed by atoms with E-state index in [9.17, 15) is 4.39 Å². The maximum absolute atomic E-state index is 12.7. The van der Waals surface area contributed by atoms with E-state index in [2.05, 4.69) is 10.3 Å². The molecule has 0 spiro atoms. The molecule has 0 aliphatic carbocycles. The Hall–Kier alpha value is -1.68. The molecule has 16 heavy (non-hydrogen) atoms. The Morgan fingerprint density at radius 1 is 1.44 bits per heavy atom. The molecule has 1 atom stereocenters. The quantitative estimate of drug-likeness (QED) is 0.860. The Kier molecular flexibility index (Phi) is 3.31. The molecule has 0 aliphatic rings. The molecule has 2 aromatic rings. The first kappa shape index (κ1) is 10.8. The zero-order valence-electron chi connectivity index (χ0n) is 8.98. The number of rotatable bonds is 4. The maximum Gasteiger partial charge on any atom is 0.141 e. The minimum absolute atomic E-state index is 0.0608. The molecule has 0 saturated heterocycles. The number of halogens is 1. The van der Waals surface area contributed by atoms with Crippen LogP contribution in [0.15, 0.2) is 41.1 Å². The van der Waals surface area contributed by atoms with E-state index in [1.807, 2.05) is 19.1 Å². The van der Waals surface area contributed by atoms with Crippen molar-refractivity contribution >= 4 is 0 Å². The lowest BCUT2D eigenvalue weighted by Crippen LogP contribution is -2.18. The molecule has 0 bridgehead atoms. The average Bonchev–Trinajstić information content (AvgIpc) is 2.80. The third-order valence-electron chi connectivity index (χ3n) is 2.36. The summed E-state index contributed by atoms with van der Waals surface area (Å²) in [5.41, 5.74) is 0.813. The first-order valence-electron chi connectivity index (χ1n) is 5.13. The van der Waals surface area contributed by atoms with Gasteiger partial charge in [-0.2, -0.15) is 0 Å². The average molecular weight is 220 g/mol. The smallest absolute Gasteiger partial charge is 0.141 e. The number of hydrogen-bond donors (Lipinski definition) is 1. The van der Waals surface area contributed by atoms with E-state index < -0.39 is 0 Å². The number of pyridine rings is 1. The van der Waals surface area contributed by atoms with Gasteiger partial charge in [-0.15, -0.1) is 0 Å². The number of nitrogens with zero attached hydrogens (tertiary/aromatic N) is 1. The molecule has 2 rings (SSSR count).